The van der Waals surface area contributed by atoms with Gasteiger partial charge in [0.05, 0.1) is 0 Å². The first-order valence-electron chi connectivity index (χ1n) is 4.22. The van der Waals surface area contributed by atoms with Gasteiger partial charge in [-0.3, -0.25) is 0 Å². The van der Waals surface area contributed by atoms with Gasteiger partial charge < -0.3 is 4.74 Å². The minimum absolute atomic E-state index is 0.317. The topological polar surface area (TPSA) is 35.0 Å². The van der Waals surface area contributed by atoms with E-state index in [0.717, 1.165) is 10.9 Å². The van der Waals surface area contributed by atoms with E-state index in [1.165, 1.54) is 24.2 Å². The number of ether oxygens (including phenoxy) is 1. The molecular weight excluding hydrogens is 172 g/mol. The zero-order valence-electron chi connectivity index (χ0n) is 7.28. The molecule has 0 aliphatic heterocycles. The van der Waals surface area contributed by atoms with E-state index in [9.17, 15) is 0 Å². The summed E-state index contributed by atoms with van der Waals surface area (Å²) in [4.78, 5) is 0. The highest BCUT2D eigenvalue weighted by molar-refractivity contribution is 7.12. The number of aromatic nitrogens is 2. The third-order valence-electron chi connectivity index (χ3n) is 2.08. The highest BCUT2D eigenvalue weighted by Crippen LogP contribution is 2.35. The van der Waals surface area contributed by atoms with E-state index in [1.54, 1.807) is 0 Å². The van der Waals surface area contributed by atoms with Gasteiger partial charge in [0, 0.05) is 0 Å². The molecule has 12 heavy (non-hydrogen) atoms. The summed E-state index contributed by atoms with van der Waals surface area (Å²) in [6.07, 6.45) is 2.93. The third-order valence-corrected chi connectivity index (χ3v) is 2.81. The first-order chi connectivity index (χ1) is 5.75. The molecular formula is C8H12N2OS. The molecule has 1 saturated carbocycles. The van der Waals surface area contributed by atoms with Gasteiger partial charge in [-0.1, -0.05) is 11.3 Å². The van der Waals surface area contributed by atoms with E-state index in [4.69, 9.17) is 4.74 Å². The lowest BCUT2D eigenvalue weighted by Crippen LogP contribution is -2.13. The van der Waals surface area contributed by atoms with Crippen molar-refractivity contribution in [3.63, 3.8) is 0 Å². The van der Waals surface area contributed by atoms with Crippen LogP contribution in [-0.2, 0) is 0 Å². The van der Waals surface area contributed by atoms with Crippen molar-refractivity contribution in [3.05, 3.63) is 5.01 Å². The molecule has 0 radical (unpaired) electrons. The number of nitrogens with zero attached hydrogens (tertiary/aromatic N) is 2. The zero-order valence-corrected chi connectivity index (χ0v) is 8.10. The third kappa shape index (κ3) is 1.75. The number of rotatable bonds is 3. The SMILES string of the molecule is Cc1nnc(OC(C)C2CC2)s1. The summed E-state index contributed by atoms with van der Waals surface area (Å²) >= 11 is 1.52. The Morgan fingerprint density at radius 1 is 1.50 bits per heavy atom. The van der Waals surface area contributed by atoms with Gasteiger partial charge in [0.1, 0.15) is 11.1 Å². The van der Waals surface area contributed by atoms with Gasteiger partial charge in [0.2, 0.25) is 0 Å². The predicted molar refractivity (Wildman–Crippen MR) is 47.5 cm³/mol. The van der Waals surface area contributed by atoms with E-state index >= 15 is 0 Å². The van der Waals surface area contributed by atoms with Crippen molar-refractivity contribution < 1.29 is 4.74 Å². The van der Waals surface area contributed by atoms with E-state index in [-0.39, 0.29) is 0 Å². The van der Waals surface area contributed by atoms with Crippen LogP contribution in [0.5, 0.6) is 5.19 Å². The summed E-state index contributed by atoms with van der Waals surface area (Å²) in [5.74, 6) is 0.759. The minimum atomic E-state index is 0.317. The Labute approximate surface area is 75.8 Å². The summed E-state index contributed by atoms with van der Waals surface area (Å²) in [6.45, 7) is 4.04. The van der Waals surface area contributed by atoms with Crippen molar-refractivity contribution in [1.82, 2.24) is 10.2 Å². The fraction of sp³-hybridized carbons (Fsp3) is 0.750. The van der Waals surface area contributed by atoms with Crippen LogP contribution < -0.4 is 4.74 Å². The Morgan fingerprint density at radius 3 is 2.75 bits per heavy atom. The van der Waals surface area contributed by atoms with Crippen LogP contribution in [0.2, 0.25) is 0 Å². The maximum Gasteiger partial charge on any atom is 0.294 e. The minimum Gasteiger partial charge on any atom is -0.466 e. The molecule has 0 amide bonds. The molecule has 1 aliphatic carbocycles. The van der Waals surface area contributed by atoms with Gasteiger partial charge in [-0.25, -0.2) is 0 Å². The zero-order chi connectivity index (χ0) is 8.55. The van der Waals surface area contributed by atoms with Crippen LogP contribution in [0.15, 0.2) is 0 Å². The van der Waals surface area contributed by atoms with Crippen molar-refractivity contribution in [2.24, 2.45) is 5.92 Å². The average Bonchev–Trinajstić information content (AvgIpc) is 2.78. The normalized spacial score (nSPS) is 19.2. The molecule has 4 heteroatoms. The average molecular weight is 184 g/mol. The standard InChI is InChI=1S/C8H12N2OS/c1-5(7-3-4-7)11-8-10-9-6(2)12-8/h5,7H,3-4H2,1-2H3. The van der Waals surface area contributed by atoms with Crippen molar-refractivity contribution >= 4 is 11.3 Å². The molecule has 0 saturated heterocycles. The summed E-state index contributed by atoms with van der Waals surface area (Å²) < 4.78 is 5.60. The molecule has 1 aromatic rings. The molecule has 1 atom stereocenters. The van der Waals surface area contributed by atoms with Gasteiger partial charge in [0.15, 0.2) is 0 Å². The van der Waals surface area contributed by atoms with E-state index in [0.29, 0.717) is 11.3 Å². The van der Waals surface area contributed by atoms with Gasteiger partial charge >= 0.3 is 0 Å². The number of hydrogen-bond donors (Lipinski definition) is 0. The Morgan fingerprint density at radius 2 is 2.25 bits per heavy atom. The second kappa shape index (κ2) is 3.01. The number of aryl methyl sites for hydroxylation is 1. The van der Waals surface area contributed by atoms with Crippen LogP contribution in [0.1, 0.15) is 24.8 Å². The van der Waals surface area contributed by atoms with Crippen LogP contribution in [0, 0.1) is 12.8 Å². The van der Waals surface area contributed by atoms with Crippen LogP contribution >= 0.6 is 11.3 Å². The summed E-state index contributed by atoms with van der Waals surface area (Å²) in [7, 11) is 0. The second-order valence-corrected chi connectivity index (χ2v) is 4.39. The second-order valence-electron chi connectivity index (χ2n) is 3.25. The Kier molecular flexibility index (Phi) is 2.00. The first kappa shape index (κ1) is 7.98. The van der Waals surface area contributed by atoms with Crippen LogP contribution in [0.25, 0.3) is 0 Å². The van der Waals surface area contributed by atoms with E-state index < -0.39 is 0 Å². The molecule has 0 N–H and O–H groups in total. The molecule has 3 nitrogen and oxygen atoms in total. The van der Waals surface area contributed by atoms with Crippen LogP contribution in [-0.4, -0.2) is 16.3 Å². The summed E-state index contributed by atoms with van der Waals surface area (Å²) in [5.41, 5.74) is 0. The highest BCUT2D eigenvalue weighted by atomic mass is 32.1. The Bertz CT molecular complexity index is 270. The molecule has 1 aliphatic rings. The smallest absolute Gasteiger partial charge is 0.294 e. The Balaban J connectivity index is 1.93. The molecule has 0 spiro atoms. The molecule has 1 aromatic heterocycles. The molecule has 66 valence electrons. The molecule has 1 unspecified atom stereocenters. The van der Waals surface area contributed by atoms with Gasteiger partial charge in [0.25, 0.3) is 5.19 Å². The van der Waals surface area contributed by atoms with E-state index in [2.05, 4.69) is 17.1 Å². The van der Waals surface area contributed by atoms with Crippen molar-refractivity contribution in [3.8, 4) is 5.19 Å². The fourth-order valence-electron chi connectivity index (χ4n) is 1.15. The summed E-state index contributed by atoms with van der Waals surface area (Å²) in [5, 5.41) is 9.49. The monoisotopic (exact) mass is 184 g/mol. The molecule has 0 aromatic carbocycles. The van der Waals surface area contributed by atoms with Gasteiger partial charge in [-0.05, 0) is 32.6 Å². The maximum absolute atomic E-state index is 5.60. The van der Waals surface area contributed by atoms with Crippen molar-refractivity contribution in [2.75, 3.05) is 0 Å². The first-order valence-corrected chi connectivity index (χ1v) is 5.04. The predicted octanol–water partition coefficient (Wildman–Crippen LogP) is 2.02. The Hall–Kier alpha value is -0.640. The lowest BCUT2D eigenvalue weighted by atomic mass is 10.3. The highest BCUT2D eigenvalue weighted by Gasteiger charge is 2.30. The lowest BCUT2D eigenvalue weighted by molar-refractivity contribution is 0.196. The van der Waals surface area contributed by atoms with Crippen molar-refractivity contribution in [2.45, 2.75) is 32.8 Å². The van der Waals surface area contributed by atoms with E-state index in [1.807, 2.05) is 6.92 Å². The maximum atomic E-state index is 5.60. The fourth-order valence-corrected chi connectivity index (χ4v) is 1.76. The van der Waals surface area contributed by atoms with Gasteiger partial charge in [-0.2, -0.15) is 0 Å². The summed E-state index contributed by atoms with van der Waals surface area (Å²) in [6, 6.07) is 0. The molecule has 1 heterocycles. The lowest BCUT2D eigenvalue weighted by Gasteiger charge is -2.08. The van der Waals surface area contributed by atoms with Crippen molar-refractivity contribution in [1.29, 1.82) is 0 Å². The molecule has 0 bridgehead atoms. The number of hydrogen-bond acceptors (Lipinski definition) is 4. The quantitative estimate of drug-likeness (QED) is 0.721. The molecule has 1 fully saturated rings. The molecule has 2 rings (SSSR count). The largest absolute Gasteiger partial charge is 0.466 e. The van der Waals surface area contributed by atoms with Crippen LogP contribution in [0.3, 0.4) is 0 Å². The van der Waals surface area contributed by atoms with Crippen LogP contribution in [0.4, 0.5) is 0 Å². The van der Waals surface area contributed by atoms with Gasteiger partial charge in [-0.15, -0.1) is 10.2 Å².